The minimum absolute atomic E-state index is 0.561. The van der Waals surface area contributed by atoms with Crippen molar-refractivity contribution in [1.82, 2.24) is 4.98 Å². The lowest BCUT2D eigenvalue weighted by Crippen LogP contribution is -2.00. The van der Waals surface area contributed by atoms with E-state index in [1.807, 2.05) is 0 Å². The molecule has 0 N–H and O–H groups in total. The Kier molecular flexibility index (Phi) is 2.10. The van der Waals surface area contributed by atoms with Gasteiger partial charge in [0.05, 0.1) is 0 Å². The van der Waals surface area contributed by atoms with Gasteiger partial charge >= 0.3 is 0 Å². The van der Waals surface area contributed by atoms with Crippen LogP contribution in [0.1, 0.15) is 48.6 Å². The van der Waals surface area contributed by atoms with E-state index in [4.69, 9.17) is 0 Å². The van der Waals surface area contributed by atoms with Gasteiger partial charge in [-0.2, -0.15) is 0 Å². The third-order valence-corrected chi connectivity index (χ3v) is 3.00. The maximum absolute atomic E-state index is 4.55. The molecule has 0 amide bonds. The maximum Gasteiger partial charge on any atom is 0.0461 e. The Morgan fingerprint density at radius 2 is 2.08 bits per heavy atom. The molecule has 1 aliphatic carbocycles. The summed E-state index contributed by atoms with van der Waals surface area (Å²) in [5.74, 6) is 0.561. The smallest absolute Gasteiger partial charge is 0.0461 e. The quantitative estimate of drug-likeness (QED) is 0.639. The molecule has 1 aromatic heterocycles. The van der Waals surface area contributed by atoms with Gasteiger partial charge in [0.2, 0.25) is 0 Å². The zero-order valence-corrected chi connectivity index (χ0v) is 8.72. The summed E-state index contributed by atoms with van der Waals surface area (Å²) in [5, 5.41) is 0. The number of nitrogens with zero attached hydrogens (tertiary/aromatic N) is 1. The molecule has 1 aliphatic rings. The molecule has 0 aliphatic heterocycles. The molecule has 0 spiro atoms. The van der Waals surface area contributed by atoms with Crippen LogP contribution >= 0.6 is 0 Å². The molecule has 13 heavy (non-hydrogen) atoms. The Hall–Kier alpha value is -0.850. The first kappa shape index (κ1) is 8.74. The Balaban J connectivity index is 2.52. The van der Waals surface area contributed by atoms with E-state index < -0.39 is 0 Å². The van der Waals surface area contributed by atoms with Gasteiger partial charge in [0.25, 0.3) is 0 Å². The van der Waals surface area contributed by atoms with E-state index in [2.05, 4.69) is 32.0 Å². The summed E-state index contributed by atoms with van der Waals surface area (Å²) >= 11 is 0. The van der Waals surface area contributed by atoms with Crippen molar-refractivity contribution in [2.24, 2.45) is 0 Å². The van der Waals surface area contributed by atoms with Gasteiger partial charge in [-0.15, -0.1) is 0 Å². The number of aromatic nitrogens is 1. The van der Waals surface area contributed by atoms with E-state index in [9.17, 15) is 0 Å². The van der Waals surface area contributed by atoms with Gasteiger partial charge in [-0.3, -0.25) is 4.98 Å². The van der Waals surface area contributed by atoms with Gasteiger partial charge < -0.3 is 0 Å². The van der Waals surface area contributed by atoms with Crippen molar-refractivity contribution in [2.45, 2.75) is 46.0 Å². The standard InChI is InChI=1S/C12H17N/c1-8(2)12-9(3)11-6-4-5-10(11)7-13-12/h7-8H,4-6H2,1-3H3. The lowest BCUT2D eigenvalue weighted by atomic mass is 9.98. The molecule has 0 atom stereocenters. The highest BCUT2D eigenvalue weighted by molar-refractivity contribution is 5.39. The van der Waals surface area contributed by atoms with Crippen molar-refractivity contribution in [3.63, 3.8) is 0 Å². The highest BCUT2D eigenvalue weighted by atomic mass is 14.7. The van der Waals surface area contributed by atoms with Crippen LogP contribution in [-0.4, -0.2) is 4.98 Å². The average Bonchev–Trinajstić information content (AvgIpc) is 2.52. The molecule has 0 saturated heterocycles. The van der Waals surface area contributed by atoms with Crippen molar-refractivity contribution in [2.75, 3.05) is 0 Å². The maximum atomic E-state index is 4.55. The van der Waals surface area contributed by atoms with Gasteiger partial charge in [-0.25, -0.2) is 0 Å². The fourth-order valence-electron chi connectivity index (χ4n) is 2.32. The first-order valence-electron chi connectivity index (χ1n) is 5.17. The molecule has 0 saturated carbocycles. The summed E-state index contributed by atoms with van der Waals surface area (Å²) in [6, 6.07) is 0. The predicted octanol–water partition coefficient (Wildman–Crippen LogP) is 3.00. The summed E-state index contributed by atoms with van der Waals surface area (Å²) in [4.78, 5) is 4.55. The molecule has 0 bridgehead atoms. The minimum Gasteiger partial charge on any atom is -0.260 e. The third kappa shape index (κ3) is 1.37. The number of aryl methyl sites for hydroxylation is 1. The van der Waals surface area contributed by atoms with Crippen LogP contribution in [0.4, 0.5) is 0 Å². The van der Waals surface area contributed by atoms with Gasteiger partial charge in [-0.1, -0.05) is 13.8 Å². The highest BCUT2D eigenvalue weighted by Gasteiger charge is 2.17. The Labute approximate surface area is 80.2 Å². The molecule has 0 aromatic carbocycles. The van der Waals surface area contributed by atoms with Crippen LogP contribution < -0.4 is 0 Å². The molecule has 1 nitrogen and oxygen atoms in total. The number of hydrogen-bond acceptors (Lipinski definition) is 1. The summed E-state index contributed by atoms with van der Waals surface area (Å²) in [7, 11) is 0. The first-order valence-corrected chi connectivity index (χ1v) is 5.17. The van der Waals surface area contributed by atoms with Crippen LogP contribution in [-0.2, 0) is 12.8 Å². The molecular weight excluding hydrogens is 158 g/mol. The monoisotopic (exact) mass is 175 g/mol. The van der Waals surface area contributed by atoms with Crippen LogP contribution in [0.15, 0.2) is 6.20 Å². The van der Waals surface area contributed by atoms with Crippen LogP contribution in [0.5, 0.6) is 0 Å². The molecule has 0 unspecified atom stereocenters. The van der Waals surface area contributed by atoms with E-state index in [1.165, 1.54) is 36.1 Å². The Bertz CT molecular complexity index is 326. The third-order valence-electron chi connectivity index (χ3n) is 3.00. The highest BCUT2D eigenvalue weighted by Crippen LogP contribution is 2.28. The van der Waals surface area contributed by atoms with E-state index in [1.54, 1.807) is 5.56 Å². The SMILES string of the molecule is Cc1c(C(C)C)ncc2c1CCC2. The van der Waals surface area contributed by atoms with E-state index in [0.717, 1.165) is 0 Å². The van der Waals surface area contributed by atoms with Crippen LogP contribution in [0.3, 0.4) is 0 Å². The average molecular weight is 175 g/mol. The molecule has 1 aromatic rings. The Morgan fingerprint density at radius 1 is 1.31 bits per heavy atom. The Morgan fingerprint density at radius 3 is 2.77 bits per heavy atom. The number of hydrogen-bond donors (Lipinski definition) is 0. The normalized spacial score (nSPS) is 15.1. The number of pyridine rings is 1. The molecule has 70 valence electrons. The summed E-state index contributed by atoms with van der Waals surface area (Å²) in [5.41, 5.74) is 5.81. The topological polar surface area (TPSA) is 12.9 Å². The minimum atomic E-state index is 0.561. The van der Waals surface area contributed by atoms with Crippen molar-refractivity contribution < 1.29 is 0 Å². The van der Waals surface area contributed by atoms with Crippen LogP contribution in [0.2, 0.25) is 0 Å². The van der Waals surface area contributed by atoms with Crippen LogP contribution in [0.25, 0.3) is 0 Å². The molecule has 0 fully saturated rings. The predicted molar refractivity (Wildman–Crippen MR) is 55.1 cm³/mol. The lowest BCUT2D eigenvalue weighted by molar-refractivity contribution is 0.805. The van der Waals surface area contributed by atoms with E-state index in [-0.39, 0.29) is 0 Å². The summed E-state index contributed by atoms with van der Waals surface area (Å²) < 4.78 is 0. The van der Waals surface area contributed by atoms with Crippen molar-refractivity contribution >= 4 is 0 Å². The van der Waals surface area contributed by atoms with Crippen molar-refractivity contribution in [3.8, 4) is 0 Å². The number of fused-ring (bicyclic) bond motifs is 1. The zero-order valence-electron chi connectivity index (χ0n) is 8.72. The molecule has 2 rings (SSSR count). The van der Waals surface area contributed by atoms with Crippen molar-refractivity contribution in [1.29, 1.82) is 0 Å². The second-order valence-corrected chi connectivity index (χ2v) is 4.28. The second-order valence-electron chi connectivity index (χ2n) is 4.28. The van der Waals surface area contributed by atoms with E-state index >= 15 is 0 Å². The summed E-state index contributed by atoms with van der Waals surface area (Å²) in [6.45, 7) is 6.67. The lowest BCUT2D eigenvalue weighted by Gasteiger charge is -2.12. The summed E-state index contributed by atoms with van der Waals surface area (Å²) in [6.07, 6.45) is 5.91. The van der Waals surface area contributed by atoms with Gasteiger partial charge in [-0.05, 0) is 48.8 Å². The van der Waals surface area contributed by atoms with E-state index in [0.29, 0.717) is 5.92 Å². The van der Waals surface area contributed by atoms with Crippen LogP contribution in [0, 0.1) is 6.92 Å². The fourth-order valence-corrected chi connectivity index (χ4v) is 2.32. The molecular formula is C12H17N. The van der Waals surface area contributed by atoms with Gasteiger partial charge in [0.15, 0.2) is 0 Å². The first-order chi connectivity index (χ1) is 6.20. The molecule has 1 heterocycles. The van der Waals surface area contributed by atoms with Gasteiger partial charge in [0, 0.05) is 11.9 Å². The van der Waals surface area contributed by atoms with Gasteiger partial charge in [0.1, 0.15) is 0 Å². The number of rotatable bonds is 1. The van der Waals surface area contributed by atoms with Crippen molar-refractivity contribution in [3.05, 3.63) is 28.6 Å². The second kappa shape index (κ2) is 3.13. The zero-order chi connectivity index (χ0) is 9.42. The fraction of sp³-hybridized carbons (Fsp3) is 0.583. The largest absolute Gasteiger partial charge is 0.260 e. The molecule has 1 heteroatoms. The molecule has 0 radical (unpaired) electrons.